The topological polar surface area (TPSA) is 40.5 Å². The van der Waals surface area contributed by atoms with Crippen LogP contribution in [0.1, 0.15) is 51.0 Å². The van der Waals surface area contributed by atoms with Crippen LogP contribution in [0.15, 0.2) is 24.3 Å². The minimum atomic E-state index is -0.600. The van der Waals surface area contributed by atoms with Crippen LogP contribution in [0.4, 0.5) is 5.69 Å². The highest BCUT2D eigenvalue weighted by Gasteiger charge is 2.42. The van der Waals surface area contributed by atoms with Crippen molar-refractivity contribution in [2.45, 2.75) is 57.9 Å². The maximum absolute atomic E-state index is 11.9. The van der Waals surface area contributed by atoms with Gasteiger partial charge in [0.1, 0.15) is 0 Å². The predicted molar refractivity (Wildman–Crippen MR) is 84.7 cm³/mol. The van der Waals surface area contributed by atoms with Gasteiger partial charge in [-0.3, -0.25) is 4.79 Å². The molecule has 3 heteroatoms. The Labute approximate surface area is 127 Å². The molecule has 1 saturated carbocycles. The summed E-state index contributed by atoms with van der Waals surface area (Å²) in [4.78, 5) is 14.3. The number of hydrogen-bond donors (Lipinski definition) is 1. The number of para-hydroxylation sites is 1. The first kappa shape index (κ1) is 14.4. The Kier molecular flexibility index (Phi) is 3.92. The van der Waals surface area contributed by atoms with Crippen LogP contribution in [0.25, 0.3) is 0 Å². The van der Waals surface area contributed by atoms with Crippen molar-refractivity contribution in [3.8, 4) is 0 Å². The minimum absolute atomic E-state index is 0.429. The molecule has 1 N–H and O–H groups in total. The molecule has 114 valence electrons. The maximum Gasteiger partial charge on any atom is 0.311 e. The van der Waals surface area contributed by atoms with Crippen molar-refractivity contribution < 1.29 is 9.90 Å². The zero-order valence-electron chi connectivity index (χ0n) is 12.8. The molecule has 1 aliphatic heterocycles. The van der Waals surface area contributed by atoms with Gasteiger partial charge in [-0.15, -0.1) is 0 Å². The molecule has 1 fully saturated rings. The average Bonchev–Trinajstić information content (AvgIpc) is 2.51. The Morgan fingerprint density at radius 3 is 2.71 bits per heavy atom. The van der Waals surface area contributed by atoms with Crippen LogP contribution in [-0.2, 0) is 11.2 Å². The highest BCUT2D eigenvalue weighted by atomic mass is 16.4. The summed E-state index contributed by atoms with van der Waals surface area (Å²) in [6, 6.07) is 8.92. The summed E-state index contributed by atoms with van der Waals surface area (Å²) in [5.41, 5.74) is 2.08. The van der Waals surface area contributed by atoms with E-state index in [1.54, 1.807) is 0 Å². The maximum atomic E-state index is 11.9. The molecule has 1 aromatic carbocycles. The minimum Gasteiger partial charge on any atom is -0.481 e. The van der Waals surface area contributed by atoms with Gasteiger partial charge in [0.2, 0.25) is 0 Å². The summed E-state index contributed by atoms with van der Waals surface area (Å²) in [5.74, 6) is -0.600. The van der Waals surface area contributed by atoms with Crippen molar-refractivity contribution in [1.82, 2.24) is 0 Å². The molecule has 0 amide bonds. The van der Waals surface area contributed by atoms with Gasteiger partial charge in [-0.2, -0.15) is 0 Å². The van der Waals surface area contributed by atoms with E-state index in [0.717, 1.165) is 38.5 Å². The Hall–Kier alpha value is -1.51. The predicted octanol–water partition coefficient (Wildman–Crippen LogP) is 3.86. The molecule has 0 spiro atoms. The fraction of sp³-hybridized carbons (Fsp3) is 0.611. The van der Waals surface area contributed by atoms with Gasteiger partial charge in [0.15, 0.2) is 0 Å². The lowest BCUT2D eigenvalue weighted by Gasteiger charge is -2.44. The SMILES string of the molecule is CC1CCc2ccccc2N1CC1(C(=O)O)CCCCC1. The Bertz CT molecular complexity index is 520. The molecule has 3 rings (SSSR count). The quantitative estimate of drug-likeness (QED) is 0.917. The van der Waals surface area contributed by atoms with Crippen LogP contribution in [0, 0.1) is 5.41 Å². The monoisotopic (exact) mass is 287 g/mol. The number of aryl methyl sites for hydroxylation is 1. The third kappa shape index (κ3) is 2.66. The molecule has 0 bridgehead atoms. The molecule has 0 radical (unpaired) electrons. The first-order valence-electron chi connectivity index (χ1n) is 8.20. The average molecular weight is 287 g/mol. The molecule has 1 aliphatic carbocycles. The van der Waals surface area contributed by atoms with Crippen molar-refractivity contribution >= 4 is 11.7 Å². The smallest absolute Gasteiger partial charge is 0.311 e. The van der Waals surface area contributed by atoms with Crippen molar-refractivity contribution in [1.29, 1.82) is 0 Å². The van der Waals surface area contributed by atoms with E-state index >= 15 is 0 Å². The molecule has 1 atom stereocenters. The van der Waals surface area contributed by atoms with E-state index in [1.807, 2.05) is 0 Å². The molecule has 3 nitrogen and oxygen atoms in total. The first-order valence-corrected chi connectivity index (χ1v) is 8.20. The van der Waals surface area contributed by atoms with Crippen molar-refractivity contribution in [2.24, 2.45) is 5.41 Å². The lowest BCUT2D eigenvalue weighted by atomic mass is 9.73. The summed E-state index contributed by atoms with van der Waals surface area (Å²) in [6.45, 7) is 2.90. The zero-order valence-corrected chi connectivity index (χ0v) is 12.8. The van der Waals surface area contributed by atoms with Gasteiger partial charge in [0.25, 0.3) is 0 Å². The highest BCUT2D eigenvalue weighted by molar-refractivity contribution is 5.76. The Balaban J connectivity index is 1.90. The Morgan fingerprint density at radius 1 is 1.29 bits per heavy atom. The number of carbonyl (C=O) groups is 1. The first-order chi connectivity index (χ1) is 10.1. The molecule has 1 heterocycles. The fourth-order valence-electron chi connectivity index (χ4n) is 4.00. The summed E-state index contributed by atoms with van der Waals surface area (Å²) in [6.07, 6.45) is 7.16. The molecule has 1 aromatic rings. The molecule has 0 saturated heterocycles. The fourth-order valence-corrected chi connectivity index (χ4v) is 4.00. The van der Waals surface area contributed by atoms with E-state index in [0.29, 0.717) is 12.6 Å². The second kappa shape index (κ2) is 5.70. The summed E-state index contributed by atoms with van der Waals surface area (Å²) in [5, 5.41) is 9.83. The zero-order chi connectivity index (χ0) is 14.9. The van der Waals surface area contributed by atoms with E-state index < -0.39 is 11.4 Å². The lowest BCUT2D eigenvalue weighted by Crippen LogP contribution is -2.49. The second-order valence-electron chi connectivity index (χ2n) is 6.79. The van der Waals surface area contributed by atoms with Gasteiger partial charge in [0.05, 0.1) is 5.41 Å². The lowest BCUT2D eigenvalue weighted by molar-refractivity contribution is -0.150. The number of anilines is 1. The summed E-state index contributed by atoms with van der Waals surface area (Å²) < 4.78 is 0. The van der Waals surface area contributed by atoms with Gasteiger partial charge in [-0.1, -0.05) is 37.5 Å². The van der Waals surface area contributed by atoms with E-state index in [-0.39, 0.29) is 0 Å². The largest absolute Gasteiger partial charge is 0.481 e. The normalized spacial score (nSPS) is 24.4. The molecular weight excluding hydrogens is 262 g/mol. The van der Waals surface area contributed by atoms with E-state index in [4.69, 9.17) is 0 Å². The Morgan fingerprint density at radius 2 is 2.00 bits per heavy atom. The van der Waals surface area contributed by atoms with Crippen molar-refractivity contribution in [2.75, 3.05) is 11.4 Å². The van der Waals surface area contributed by atoms with Gasteiger partial charge in [-0.25, -0.2) is 0 Å². The molecule has 1 unspecified atom stereocenters. The van der Waals surface area contributed by atoms with Gasteiger partial charge >= 0.3 is 5.97 Å². The van der Waals surface area contributed by atoms with Crippen molar-refractivity contribution in [3.63, 3.8) is 0 Å². The van der Waals surface area contributed by atoms with Crippen molar-refractivity contribution in [3.05, 3.63) is 29.8 Å². The van der Waals surface area contributed by atoms with Crippen LogP contribution in [0.5, 0.6) is 0 Å². The number of carboxylic acids is 1. The number of hydrogen-bond acceptors (Lipinski definition) is 2. The summed E-state index contributed by atoms with van der Waals surface area (Å²) in [7, 11) is 0. The number of nitrogens with zero attached hydrogens (tertiary/aromatic N) is 1. The highest BCUT2D eigenvalue weighted by Crippen LogP contribution is 2.41. The number of aliphatic carboxylic acids is 1. The number of fused-ring (bicyclic) bond motifs is 1. The summed E-state index contributed by atoms with van der Waals surface area (Å²) >= 11 is 0. The van der Waals surface area contributed by atoms with E-state index in [2.05, 4.69) is 36.1 Å². The number of rotatable bonds is 3. The van der Waals surface area contributed by atoms with Crippen LogP contribution in [-0.4, -0.2) is 23.7 Å². The molecule has 21 heavy (non-hydrogen) atoms. The third-order valence-corrected chi connectivity index (χ3v) is 5.40. The van der Waals surface area contributed by atoms with Crippen LogP contribution in [0.2, 0.25) is 0 Å². The van der Waals surface area contributed by atoms with E-state index in [1.165, 1.54) is 17.7 Å². The van der Waals surface area contributed by atoms with Crippen LogP contribution < -0.4 is 4.90 Å². The molecule has 2 aliphatic rings. The van der Waals surface area contributed by atoms with Gasteiger partial charge in [-0.05, 0) is 44.2 Å². The van der Waals surface area contributed by atoms with Gasteiger partial charge < -0.3 is 10.0 Å². The standard InChI is InChI=1S/C18H25NO2/c1-14-9-10-15-7-3-4-8-16(15)19(14)13-18(17(20)21)11-5-2-6-12-18/h3-4,7-8,14H,2,5-6,9-13H2,1H3,(H,20,21). The van der Waals surface area contributed by atoms with E-state index in [9.17, 15) is 9.90 Å². The third-order valence-electron chi connectivity index (χ3n) is 5.40. The number of benzene rings is 1. The molecule has 0 aromatic heterocycles. The van der Waals surface area contributed by atoms with Crippen LogP contribution in [0.3, 0.4) is 0 Å². The number of carboxylic acid groups (broad SMARTS) is 1. The second-order valence-corrected chi connectivity index (χ2v) is 6.79. The molecular formula is C18H25NO2. The van der Waals surface area contributed by atoms with Crippen LogP contribution >= 0.6 is 0 Å². The van der Waals surface area contributed by atoms with Gasteiger partial charge in [0, 0.05) is 18.3 Å².